The van der Waals surface area contributed by atoms with Gasteiger partial charge >= 0.3 is 0 Å². The number of aromatic nitrogens is 2. The Hall–Kier alpha value is -2.18. The highest BCUT2D eigenvalue weighted by atomic mass is 32.2. The standard InChI is InChI=1S/C19H23N5S/c1-25-23-17-4-2-3-14(9-17)12-24-8-7-18(13-24)21-16-5-6-19-15(10-16)11-20-22-19/h2-6,9-11,18,21,23H,7-8,12-13H2,1H3,(H,20,22). The fourth-order valence-corrected chi connectivity index (χ4v) is 3.83. The van der Waals surface area contributed by atoms with Crippen LogP contribution in [0.5, 0.6) is 0 Å². The molecule has 1 aliphatic rings. The molecule has 2 aromatic carbocycles. The molecule has 0 saturated carbocycles. The lowest BCUT2D eigenvalue weighted by Gasteiger charge is -2.18. The van der Waals surface area contributed by atoms with Gasteiger partial charge in [0.15, 0.2) is 0 Å². The van der Waals surface area contributed by atoms with Crippen LogP contribution in [0.3, 0.4) is 0 Å². The van der Waals surface area contributed by atoms with E-state index in [1.54, 1.807) is 11.9 Å². The monoisotopic (exact) mass is 353 g/mol. The number of nitrogens with zero attached hydrogens (tertiary/aromatic N) is 2. The fraction of sp³-hybridized carbons (Fsp3) is 0.316. The number of aromatic amines is 1. The van der Waals surface area contributed by atoms with E-state index in [2.05, 4.69) is 67.6 Å². The maximum absolute atomic E-state index is 4.09. The van der Waals surface area contributed by atoms with Crippen molar-refractivity contribution >= 4 is 34.2 Å². The summed E-state index contributed by atoms with van der Waals surface area (Å²) in [5, 5.41) is 11.9. The number of rotatable bonds is 6. The molecule has 4 rings (SSSR count). The number of likely N-dealkylation sites (tertiary alicyclic amines) is 1. The minimum absolute atomic E-state index is 0.497. The van der Waals surface area contributed by atoms with E-state index in [1.165, 1.54) is 23.4 Å². The molecule has 5 nitrogen and oxygen atoms in total. The van der Waals surface area contributed by atoms with Crippen molar-refractivity contribution in [1.82, 2.24) is 15.1 Å². The topological polar surface area (TPSA) is 56.0 Å². The summed E-state index contributed by atoms with van der Waals surface area (Å²) in [5.74, 6) is 0. The first-order valence-electron chi connectivity index (χ1n) is 8.60. The summed E-state index contributed by atoms with van der Waals surface area (Å²) in [6.45, 7) is 3.21. The Morgan fingerprint density at radius 2 is 2.20 bits per heavy atom. The SMILES string of the molecule is CSNc1cccc(CN2CCC(Nc3ccc4[nH]ncc4c3)C2)c1. The van der Waals surface area contributed by atoms with Gasteiger partial charge in [0.25, 0.3) is 0 Å². The van der Waals surface area contributed by atoms with E-state index in [4.69, 9.17) is 0 Å². The molecule has 2 heterocycles. The molecule has 1 aliphatic heterocycles. The van der Waals surface area contributed by atoms with Crippen molar-refractivity contribution in [2.45, 2.75) is 19.0 Å². The zero-order valence-electron chi connectivity index (χ0n) is 14.3. The van der Waals surface area contributed by atoms with Crippen LogP contribution in [0, 0.1) is 0 Å². The van der Waals surface area contributed by atoms with E-state index in [0.29, 0.717) is 6.04 Å². The Bertz CT molecular complexity index is 846. The molecule has 1 unspecified atom stereocenters. The van der Waals surface area contributed by atoms with Gasteiger partial charge in [0.05, 0.1) is 11.7 Å². The molecule has 130 valence electrons. The zero-order valence-corrected chi connectivity index (χ0v) is 15.1. The molecular formula is C19H23N5S. The lowest BCUT2D eigenvalue weighted by molar-refractivity contribution is 0.329. The molecule has 3 aromatic rings. The normalized spacial score (nSPS) is 17.9. The highest BCUT2D eigenvalue weighted by Gasteiger charge is 2.22. The van der Waals surface area contributed by atoms with Crippen LogP contribution in [0.15, 0.2) is 48.7 Å². The third-order valence-corrected chi connectivity index (χ3v) is 5.08. The average molecular weight is 353 g/mol. The summed E-state index contributed by atoms with van der Waals surface area (Å²) >= 11 is 1.63. The first-order valence-corrected chi connectivity index (χ1v) is 9.82. The van der Waals surface area contributed by atoms with Gasteiger partial charge in [-0.25, -0.2) is 0 Å². The number of anilines is 2. The minimum atomic E-state index is 0.497. The van der Waals surface area contributed by atoms with E-state index < -0.39 is 0 Å². The number of hydrogen-bond donors (Lipinski definition) is 3. The van der Waals surface area contributed by atoms with E-state index in [1.807, 2.05) is 12.5 Å². The minimum Gasteiger partial charge on any atom is -0.381 e. The number of fused-ring (bicyclic) bond motifs is 1. The van der Waals surface area contributed by atoms with Crippen LogP contribution in [0.2, 0.25) is 0 Å². The van der Waals surface area contributed by atoms with Crippen LogP contribution in [0.4, 0.5) is 11.4 Å². The van der Waals surface area contributed by atoms with E-state index >= 15 is 0 Å². The highest BCUT2D eigenvalue weighted by Crippen LogP contribution is 2.22. The smallest absolute Gasteiger partial charge is 0.0651 e. The van der Waals surface area contributed by atoms with Crippen LogP contribution in [-0.2, 0) is 6.54 Å². The quantitative estimate of drug-likeness (QED) is 0.586. The number of nitrogens with one attached hydrogen (secondary N) is 3. The van der Waals surface area contributed by atoms with Gasteiger partial charge in [0, 0.05) is 48.7 Å². The van der Waals surface area contributed by atoms with Crippen molar-refractivity contribution in [1.29, 1.82) is 0 Å². The first kappa shape index (κ1) is 16.3. The molecule has 1 saturated heterocycles. The molecule has 6 heteroatoms. The van der Waals surface area contributed by atoms with Crippen molar-refractivity contribution in [2.24, 2.45) is 0 Å². The Kier molecular flexibility index (Phi) is 4.81. The summed E-state index contributed by atoms with van der Waals surface area (Å²) in [5.41, 5.74) is 4.79. The zero-order chi connectivity index (χ0) is 17.1. The lowest BCUT2D eigenvalue weighted by Crippen LogP contribution is -2.25. The molecular weight excluding hydrogens is 330 g/mol. The number of hydrogen-bond acceptors (Lipinski definition) is 5. The second-order valence-corrected chi connectivity index (χ2v) is 7.16. The maximum Gasteiger partial charge on any atom is 0.0651 e. The fourth-order valence-electron chi connectivity index (χ4n) is 3.47. The summed E-state index contributed by atoms with van der Waals surface area (Å²) in [7, 11) is 0. The molecule has 0 radical (unpaired) electrons. The Labute approximate surface area is 152 Å². The molecule has 0 spiro atoms. The third-order valence-electron chi connectivity index (χ3n) is 4.64. The van der Waals surface area contributed by atoms with Gasteiger partial charge in [0.2, 0.25) is 0 Å². The Morgan fingerprint density at radius 1 is 1.24 bits per heavy atom. The van der Waals surface area contributed by atoms with Gasteiger partial charge in [-0.05, 0) is 42.3 Å². The van der Waals surface area contributed by atoms with Crippen LogP contribution in [0.1, 0.15) is 12.0 Å². The van der Waals surface area contributed by atoms with Gasteiger partial charge in [-0.2, -0.15) is 5.10 Å². The van der Waals surface area contributed by atoms with Crippen molar-refractivity contribution in [2.75, 3.05) is 29.4 Å². The van der Waals surface area contributed by atoms with Gasteiger partial charge in [-0.1, -0.05) is 24.1 Å². The summed E-state index contributed by atoms with van der Waals surface area (Å²) in [4.78, 5) is 2.52. The van der Waals surface area contributed by atoms with E-state index in [-0.39, 0.29) is 0 Å². The summed E-state index contributed by atoms with van der Waals surface area (Å²) < 4.78 is 3.30. The largest absolute Gasteiger partial charge is 0.381 e. The second-order valence-electron chi connectivity index (χ2n) is 6.54. The van der Waals surface area contributed by atoms with Gasteiger partial charge in [-0.3, -0.25) is 10.00 Å². The van der Waals surface area contributed by atoms with Gasteiger partial charge < -0.3 is 10.0 Å². The molecule has 1 atom stereocenters. The van der Waals surface area contributed by atoms with Crippen molar-refractivity contribution in [3.63, 3.8) is 0 Å². The Balaban J connectivity index is 1.35. The van der Waals surface area contributed by atoms with Crippen molar-refractivity contribution in [3.05, 3.63) is 54.2 Å². The third kappa shape index (κ3) is 3.91. The summed E-state index contributed by atoms with van der Waals surface area (Å²) in [6.07, 6.45) is 5.09. The molecule has 25 heavy (non-hydrogen) atoms. The molecule has 0 bridgehead atoms. The summed E-state index contributed by atoms with van der Waals surface area (Å²) in [6, 6.07) is 15.6. The molecule has 3 N–H and O–H groups in total. The molecule has 0 aliphatic carbocycles. The predicted molar refractivity (Wildman–Crippen MR) is 107 cm³/mol. The van der Waals surface area contributed by atoms with Crippen LogP contribution in [0.25, 0.3) is 10.9 Å². The molecule has 1 aromatic heterocycles. The Morgan fingerprint density at radius 3 is 3.12 bits per heavy atom. The molecule has 0 amide bonds. The van der Waals surface area contributed by atoms with Crippen molar-refractivity contribution < 1.29 is 0 Å². The predicted octanol–water partition coefficient (Wildman–Crippen LogP) is 3.94. The first-order chi connectivity index (χ1) is 12.3. The highest BCUT2D eigenvalue weighted by molar-refractivity contribution is 7.99. The lowest BCUT2D eigenvalue weighted by atomic mass is 10.2. The van der Waals surface area contributed by atoms with Gasteiger partial charge in [-0.15, -0.1) is 0 Å². The van der Waals surface area contributed by atoms with Crippen LogP contribution >= 0.6 is 11.9 Å². The van der Waals surface area contributed by atoms with E-state index in [0.717, 1.165) is 30.5 Å². The van der Waals surface area contributed by atoms with Gasteiger partial charge in [0.1, 0.15) is 0 Å². The van der Waals surface area contributed by atoms with E-state index in [9.17, 15) is 0 Å². The van der Waals surface area contributed by atoms with Crippen LogP contribution < -0.4 is 10.0 Å². The van der Waals surface area contributed by atoms with Crippen LogP contribution in [-0.4, -0.2) is 40.5 Å². The second kappa shape index (κ2) is 7.37. The number of benzene rings is 2. The van der Waals surface area contributed by atoms with Crippen molar-refractivity contribution in [3.8, 4) is 0 Å². The molecule has 1 fully saturated rings. The maximum atomic E-state index is 4.09. The number of H-pyrrole nitrogens is 1. The average Bonchev–Trinajstić information content (AvgIpc) is 3.24.